The van der Waals surface area contributed by atoms with Crippen LogP contribution in [0.15, 0.2) is 12.4 Å². The molecule has 0 radical (unpaired) electrons. The lowest BCUT2D eigenvalue weighted by Gasteiger charge is -2.02. The van der Waals surface area contributed by atoms with Gasteiger partial charge in [-0.15, -0.1) is 0 Å². The van der Waals surface area contributed by atoms with Gasteiger partial charge in [-0.1, -0.05) is 0 Å². The summed E-state index contributed by atoms with van der Waals surface area (Å²) in [6.07, 6.45) is 1.62. The van der Waals surface area contributed by atoms with E-state index in [1.54, 1.807) is 6.07 Å². The van der Waals surface area contributed by atoms with E-state index < -0.39 is 0 Å². The number of nitrogens with one attached hydrogen (secondary N) is 1. The Morgan fingerprint density at radius 3 is 2.92 bits per heavy atom. The van der Waals surface area contributed by atoms with Crippen LogP contribution in [0.5, 0.6) is 0 Å². The molecule has 0 saturated heterocycles. The Labute approximate surface area is 75.4 Å². The van der Waals surface area contributed by atoms with Gasteiger partial charge in [-0.3, -0.25) is 4.79 Å². The number of hydrogen-bond acceptors (Lipinski definition) is 5. The van der Waals surface area contributed by atoms with Gasteiger partial charge >= 0.3 is 0 Å². The summed E-state index contributed by atoms with van der Waals surface area (Å²) in [5.74, 6) is 0.625. The van der Waals surface area contributed by atoms with E-state index in [-0.39, 0.29) is 12.3 Å². The van der Waals surface area contributed by atoms with E-state index in [0.717, 1.165) is 0 Å². The van der Waals surface area contributed by atoms with Crippen molar-refractivity contribution in [2.24, 2.45) is 5.73 Å². The molecule has 0 aliphatic rings. The van der Waals surface area contributed by atoms with Crippen LogP contribution < -0.4 is 16.8 Å². The molecule has 6 heteroatoms. The molecule has 6 nitrogen and oxygen atoms in total. The highest BCUT2D eigenvalue weighted by atomic mass is 16.1. The molecule has 1 aromatic heterocycles. The van der Waals surface area contributed by atoms with Crippen LogP contribution in [0.2, 0.25) is 0 Å². The molecule has 0 aromatic carbocycles. The second-order valence-corrected chi connectivity index (χ2v) is 2.47. The average molecular weight is 181 g/mol. The van der Waals surface area contributed by atoms with Crippen LogP contribution in [0.25, 0.3) is 0 Å². The highest BCUT2D eigenvalue weighted by Gasteiger charge is 1.96. The predicted octanol–water partition coefficient (Wildman–Crippen LogP) is -0.654. The topological polar surface area (TPSA) is 107 Å². The van der Waals surface area contributed by atoms with Gasteiger partial charge < -0.3 is 16.8 Å². The summed E-state index contributed by atoms with van der Waals surface area (Å²) >= 11 is 0. The van der Waals surface area contributed by atoms with Crippen LogP contribution in [-0.4, -0.2) is 22.4 Å². The van der Waals surface area contributed by atoms with Gasteiger partial charge in [-0.25, -0.2) is 9.97 Å². The minimum Gasteiger partial charge on any atom is -0.384 e. The third-order valence-corrected chi connectivity index (χ3v) is 1.37. The molecule has 1 aromatic rings. The Kier molecular flexibility index (Phi) is 3.02. The number of nitrogens with two attached hydrogens (primary N) is 2. The van der Waals surface area contributed by atoms with E-state index in [0.29, 0.717) is 18.2 Å². The van der Waals surface area contributed by atoms with E-state index in [2.05, 4.69) is 15.3 Å². The van der Waals surface area contributed by atoms with Crippen molar-refractivity contribution in [2.45, 2.75) is 6.42 Å². The minimum absolute atomic E-state index is 0.268. The van der Waals surface area contributed by atoms with Crippen molar-refractivity contribution in [3.63, 3.8) is 0 Å². The highest BCUT2D eigenvalue weighted by molar-refractivity contribution is 5.74. The van der Waals surface area contributed by atoms with Crippen molar-refractivity contribution in [1.82, 2.24) is 9.97 Å². The third kappa shape index (κ3) is 3.37. The molecule has 0 atom stereocenters. The van der Waals surface area contributed by atoms with E-state index >= 15 is 0 Å². The molecule has 0 fully saturated rings. The summed E-state index contributed by atoms with van der Waals surface area (Å²) in [6, 6.07) is 1.58. The summed E-state index contributed by atoms with van der Waals surface area (Å²) in [5.41, 5.74) is 10.4. The lowest BCUT2D eigenvalue weighted by atomic mass is 10.4. The van der Waals surface area contributed by atoms with Crippen molar-refractivity contribution >= 4 is 17.5 Å². The summed E-state index contributed by atoms with van der Waals surface area (Å²) in [5, 5.41) is 2.88. The summed E-state index contributed by atoms with van der Waals surface area (Å²) in [7, 11) is 0. The molecule has 0 saturated carbocycles. The molecular formula is C7H11N5O. The molecule has 0 aliphatic heterocycles. The number of hydrogen-bond donors (Lipinski definition) is 3. The van der Waals surface area contributed by atoms with E-state index in [9.17, 15) is 4.79 Å². The van der Waals surface area contributed by atoms with Gasteiger partial charge in [-0.05, 0) is 0 Å². The van der Waals surface area contributed by atoms with Gasteiger partial charge in [0.05, 0.1) is 0 Å². The fourth-order valence-corrected chi connectivity index (χ4v) is 0.783. The zero-order valence-electron chi connectivity index (χ0n) is 7.03. The van der Waals surface area contributed by atoms with Gasteiger partial charge in [0.1, 0.15) is 18.0 Å². The van der Waals surface area contributed by atoms with Gasteiger partial charge in [0.15, 0.2) is 0 Å². The lowest BCUT2D eigenvalue weighted by molar-refractivity contribution is -0.117. The SMILES string of the molecule is NC(=O)CCNc1cc(N)ncn1. The molecular weight excluding hydrogens is 170 g/mol. The second-order valence-electron chi connectivity index (χ2n) is 2.47. The fraction of sp³-hybridized carbons (Fsp3) is 0.286. The molecule has 1 rings (SSSR count). The van der Waals surface area contributed by atoms with Crippen molar-refractivity contribution < 1.29 is 4.79 Å². The summed E-state index contributed by atoms with van der Waals surface area (Å²) in [6.45, 7) is 0.450. The number of nitrogen functional groups attached to an aromatic ring is 1. The largest absolute Gasteiger partial charge is 0.384 e. The molecule has 0 aliphatic carbocycles. The Morgan fingerprint density at radius 1 is 1.54 bits per heavy atom. The fourth-order valence-electron chi connectivity index (χ4n) is 0.783. The first-order valence-electron chi connectivity index (χ1n) is 3.78. The number of anilines is 2. The van der Waals surface area contributed by atoms with Crippen LogP contribution in [0.3, 0.4) is 0 Å². The van der Waals surface area contributed by atoms with E-state index in [1.807, 2.05) is 0 Å². The number of carbonyl (C=O) groups is 1. The summed E-state index contributed by atoms with van der Waals surface area (Å²) < 4.78 is 0. The van der Waals surface area contributed by atoms with Crippen LogP contribution in [0, 0.1) is 0 Å². The number of primary amides is 1. The lowest BCUT2D eigenvalue weighted by Crippen LogP contribution is -2.16. The first-order valence-corrected chi connectivity index (χ1v) is 3.78. The Bertz CT molecular complexity index is 301. The highest BCUT2D eigenvalue weighted by Crippen LogP contribution is 2.03. The average Bonchev–Trinajstić information content (AvgIpc) is 2.03. The Hall–Kier alpha value is -1.85. The molecule has 0 spiro atoms. The minimum atomic E-state index is -0.352. The monoisotopic (exact) mass is 181 g/mol. The molecule has 0 bridgehead atoms. The molecule has 70 valence electrons. The molecule has 1 amide bonds. The Balaban J connectivity index is 2.41. The maximum atomic E-state index is 10.4. The van der Waals surface area contributed by atoms with Crippen molar-refractivity contribution in [2.75, 3.05) is 17.6 Å². The number of nitrogens with zero attached hydrogens (tertiary/aromatic N) is 2. The maximum Gasteiger partial charge on any atom is 0.219 e. The standard InChI is InChI=1S/C7H11N5O/c8-5-3-7(12-4-11-5)10-2-1-6(9)13/h3-4H,1-2H2,(H2,9,13)(H3,8,10,11,12). The van der Waals surface area contributed by atoms with Crippen LogP contribution >= 0.6 is 0 Å². The third-order valence-electron chi connectivity index (χ3n) is 1.37. The van der Waals surface area contributed by atoms with E-state index in [1.165, 1.54) is 6.33 Å². The summed E-state index contributed by atoms with van der Waals surface area (Å²) in [4.78, 5) is 18.0. The van der Waals surface area contributed by atoms with Gasteiger partial charge in [0.2, 0.25) is 5.91 Å². The van der Waals surface area contributed by atoms with Crippen LogP contribution in [0.4, 0.5) is 11.6 Å². The zero-order valence-corrected chi connectivity index (χ0v) is 7.03. The molecule has 1 heterocycles. The van der Waals surface area contributed by atoms with Crippen LogP contribution in [-0.2, 0) is 4.79 Å². The second kappa shape index (κ2) is 4.24. The quantitative estimate of drug-likeness (QED) is 0.572. The normalized spacial score (nSPS) is 9.54. The van der Waals surface area contributed by atoms with Gasteiger partial charge in [-0.2, -0.15) is 0 Å². The molecule has 5 N–H and O–H groups in total. The Morgan fingerprint density at radius 2 is 2.31 bits per heavy atom. The molecule has 0 unspecified atom stereocenters. The first-order chi connectivity index (χ1) is 6.18. The van der Waals surface area contributed by atoms with Crippen LogP contribution in [0.1, 0.15) is 6.42 Å². The smallest absolute Gasteiger partial charge is 0.219 e. The van der Waals surface area contributed by atoms with Crippen molar-refractivity contribution in [1.29, 1.82) is 0 Å². The number of amides is 1. The number of rotatable bonds is 4. The van der Waals surface area contributed by atoms with Gasteiger partial charge in [0.25, 0.3) is 0 Å². The maximum absolute atomic E-state index is 10.4. The first kappa shape index (κ1) is 9.24. The van der Waals surface area contributed by atoms with E-state index in [4.69, 9.17) is 11.5 Å². The predicted molar refractivity (Wildman–Crippen MR) is 48.7 cm³/mol. The van der Waals surface area contributed by atoms with Crippen molar-refractivity contribution in [3.05, 3.63) is 12.4 Å². The number of carbonyl (C=O) groups excluding carboxylic acids is 1. The molecule has 13 heavy (non-hydrogen) atoms. The number of aromatic nitrogens is 2. The van der Waals surface area contributed by atoms with Gasteiger partial charge in [0, 0.05) is 19.0 Å². The van der Waals surface area contributed by atoms with Crippen molar-refractivity contribution in [3.8, 4) is 0 Å². The zero-order chi connectivity index (χ0) is 9.68.